The summed E-state index contributed by atoms with van der Waals surface area (Å²) in [6, 6.07) is 12.8. The molecule has 0 bridgehead atoms. The number of nitrogens with one attached hydrogen (secondary N) is 1. The average molecular weight is 491 g/mol. The molecule has 2 aromatic rings. The summed E-state index contributed by atoms with van der Waals surface area (Å²) < 4.78 is 0. The van der Waals surface area contributed by atoms with Crippen LogP contribution in [0, 0.1) is 6.92 Å². The van der Waals surface area contributed by atoms with Gasteiger partial charge in [0.1, 0.15) is 5.82 Å². The van der Waals surface area contributed by atoms with Gasteiger partial charge in [0.25, 0.3) is 0 Å². The number of piperazine rings is 1. The topological polar surface area (TPSA) is 72.0 Å². The zero-order valence-corrected chi connectivity index (χ0v) is 22.0. The molecule has 1 aromatic carbocycles. The number of aryl methyl sites for hydroxylation is 1. The van der Waals surface area contributed by atoms with Gasteiger partial charge >= 0.3 is 6.03 Å². The summed E-state index contributed by atoms with van der Waals surface area (Å²) in [6.07, 6.45) is 5.72. The summed E-state index contributed by atoms with van der Waals surface area (Å²) >= 11 is 0. The van der Waals surface area contributed by atoms with E-state index in [9.17, 15) is 9.59 Å². The molecule has 8 nitrogen and oxygen atoms in total. The van der Waals surface area contributed by atoms with Crippen molar-refractivity contribution in [1.29, 1.82) is 0 Å². The van der Waals surface area contributed by atoms with Crippen LogP contribution in [0.4, 0.5) is 16.3 Å². The third-order valence-electron chi connectivity index (χ3n) is 8.69. The van der Waals surface area contributed by atoms with Crippen molar-refractivity contribution in [2.75, 3.05) is 56.6 Å². The summed E-state index contributed by atoms with van der Waals surface area (Å²) in [5.74, 6) is 1.03. The zero-order valence-electron chi connectivity index (χ0n) is 22.0. The number of carbonyl (C=O) groups excluding carboxylic acids is 2. The number of hydrogen-bond acceptors (Lipinski definition) is 5. The monoisotopic (exact) mass is 490 g/mol. The minimum absolute atomic E-state index is 0.00378. The first-order chi connectivity index (χ1) is 17.2. The van der Waals surface area contributed by atoms with E-state index in [0.717, 1.165) is 55.8 Å². The second kappa shape index (κ2) is 9.39. The lowest BCUT2D eigenvalue weighted by Gasteiger charge is -2.48. The number of nitrogens with zero attached hydrogens (tertiary/aromatic N) is 5. The van der Waals surface area contributed by atoms with Crippen LogP contribution in [0.5, 0.6) is 0 Å². The van der Waals surface area contributed by atoms with E-state index in [-0.39, 0.29) is 23.0 Å². The van der Waals surface area contributed by atoms with Crippen molar-refractivity contribution < 1.29 is 9.59 Å². The molecule has 0 atom stereocenters. The Morgan fingerprint density at radius 1 is 1.03 bits per heavy atom. The predicted molar refractivity (Wildman–Crippen MR) is 142 cm³/mol. The lowest BCUT2D eigenvalue weighted by atomic mass is 9.69. The number of aromatic nitrogens is 1. The van der Waals surface area contributed by atoms with E-state index in [2.05, 4.69) is 72.5 Å². The number of rotatable bonds is 4. The molecule has 1 aromatic heterocycles. The fourth-order valence-electron chi connectivity index (χ4n) is 6.31. The molecular formula is C28H38N6O2. The number of amides is 3. The van der Waals surface area contributed by atoms with Gasteiger partial charge in [-0.2, -0.15) is 0 Å². The van der Waals surface area contributed by atoms with Gasteiger partial charge in [0.05, 0.1) is 24.0 Å². The van der Waals surface area contributed by atoms with E-state index in [1.165, 1.54) is 5.56 Å². The molecule has 5 rings (SSSR count). The van der Waals surface area contributed by atoms with Crippen molar-refractivity contribution in [3.05, 3.63) is 53.7 Å². The number of carbonyl (C=O) groups is 2. The van der Waals surface area contributed by atoms with Gasteiger partial charge in [-0.15, -0.1) is 0 Å². The normalized spacial score (nSPS) is 26.6. The van der Waals surface area contributed by atoms with E-state index in [1.807, 2.05) is 16.0 Å². The van der Waals surface area contributed by atoms with Gasteiger partial charge in [-0.05, 0) is 63.9 Å². The van der Waals surface area contributed by atoms with Crippen LogP contribution in [0.3, 0.4) is 0 Å². The molecule has 3 fully saturated rings. The first kappa shape index (κ1) is 24.6. The van der Waals surface area contributed by atoms with Crippen molar-refractivity contribution in [3.8, 4) is 0 Å². The SMILES string of the molecule is CC(=O)N1CCN(c2cc(C)c(N3CC4(CCC(c5ccccc5)(N(C)C)CC4)NC3=O)cn2)CC1. The maximum absolute atomic E-state index is 13.2. The lowest BCUT2D eigenvalue weighted by molar-refractivity contribution is -0.129. The van der Waals surface area contributed by atoms with Crippen LogP contribution in [-0.4, -0.2) is 79.1 Å². The second-order valence-corrected chi connectivity index (χ2v) is 10.9. The Morgan fingerprint density at radius 2 is 1.69 bits per heavy atom. The molecule has 1 spiro atoms. The van der Waals surface area contributed by atoms with Gasteiger partial charge in [0.15, 0.2) is 0 Å². The fraction of sp³-hybridized carbons (Fsp3) is 0.536. The molecule has 1 aliphatic carbocycles. The Bertz CT molecular complexity index is 1120. The third-order valence-corrected chi connectivity index (χ3v) is 8.69. The minimum atomic E-state index is -0.209. The highest BCUT2D eigenvalue weighted by Gasteiger charge is 2.50. The fourth-order valence-corrected chi connectivity index (χ4v) is 6.31. The van der Waals surface area contributed by atoms with Gasteiger partial charge < -0.3 is 15.1 Å². The van der Waals surface area contributed by atoms with Crippen molar-refractivity contribution in [2.24, 2.45) is 0 Å². The van der Waals surface area contributed by atoms with E-state index >= 15 is 0 Å². The Balaban J connectivity index is 1.29. The molecule has 1 saturated carbocycles. The first-order valence-corrected chi connectivity index (χ1v) is 13.0. The molecule has 192 valence electrons. The Morgan fingerprint density at radius 3 is 2.28 bits per heavy atom. The van der Waals surface area contributed by atoms with Gasteiger partial charge in [-0.25, -0.2) is 9.78 Å². The van der Waals surface area contributed by atoms with Gasteiger partial charge in [-0.3, -0.25) is 14.6 Å². The highest BCUT2D eigenvalue weighted by molar-refractivity contribution is 5.96. The van der Waals surface area contributed by atoms with Gasteiger partial charge in [-0.1, -0.05) is 30.3 Å². The molecule has 0 radical (unpaired) electrons. The molecule has 3 aliphatic rings. The van der Waals surface area contributed by atoms with Crippen LogP contribution in [0.15, 0.2) is 42.6 Å². The van der Waals surface area contributed by atoms with Gasteiger partial charge in [0.2, 0.25) is 5.91 Å². The second-order valence-electron chi connectivity index (χ2n) is 10.9. The molecule has 0 unspecified atom stereocenters. The highest BCUT2D eigenvalue weighted by atomic mass is 16.2. The van der Waals surface area contributed by atoms with E-state index < -0.39 is 0 Å². The maximum Gasteiger partial charge on any atom is 0.322 e. The lowest BCUT2D eigenvalue weighted by Crippen LogP contribution is -2.54. The molecule has 3 heterocycles. The molecule has 2 saturated heterocycles. The summed E-state index contributed by atoms with van der Waals surface area (Å²) in [5, 5.41) is 3.36. The van der Waals surface area contributed by atoms with Crippen molar-refractivity contribution in [3.63, 3.8) is 0 Å². The van der Waals surface area contributed by atoms with E-state index in [4.69, 9.17) is 4.98 Å². The summed E-state index contributed by atoms with van der Waals surface area (Å²) in [6.45, 7) is 7.32. The maximum atomic E-state index is 13.2. The third kappa shape index (κ3) is 4.32. The largest absolute Gasteiger partial charge is 0.353 e. The Labute approximate surface area is 214 Å². The van der Waals surface area contributed by atoms with Crippen LogP contribution in [-0.2, 0) is 10.3 Å². The Hall–Kier alpha value is -3.13. The number of hydrogen-bond donors (Lipinski definition) is 1. The minimum Gasteiger partial charge on any atom is -0.353 e. The predicted octanol–water partition coefficient (Wildman–Crippen LogP) is 3.36. The van der Waals surface area contributed by atoms with Crippen LogP contribution >= 0.6 is 0 Å². The van der Waals surface area contributed by atoms with Crippen LogP contribution < -0.4 is 15.1 Å². The smallest absolute Gasteiger partial charge is 0.322 e. The van der Waals surface area contributed by atoms with Crippen LogP contribution in [0.1, 0.15) is 43.7 Å². The summed E-state index contributed by atoms with van der Waals surface area (Å²) in [5.41, 5.74) is 3.06. The van der Waals surface area contributed by atoms with E-state index in [0.29, 0.717) is 19.6 Å². The molecule has 36 heavy (non-hydrogen) atoms. The van der Waals surface area contributed by atoms with Crippen molar-refractivity contribution in [1.82, 2.24) is 20.1 Å². The standard InChI is InChI=1S/C28H38N6O2/c1-21-18-25(33-16-14-32(15-17-33)22(2)35)29-19-24(21)34-20-27(30-26(34)36)10-12-28(13-11-27,31(3)4)23-8-6-5-7-9-23/h5-9,18-19H,10-17,20H2,1-4H3,(H,30,36). The number of anilines is 2. The molecular weight excluding hydrogens is 452 g/mol. The number of urea groups is 1. The number of benzene rings is 1. The summed E-state index contributed by atoms with van der Waals surface area (Å²) in [7, 11) is 4.34. The Kier molecular flexibility index (Phi) is 6.41. The van der Waals surface area contributed by atoms with Crippen molar-refractivity contribution >= 4 is 23.4 Å². The molecule has 1 N–H and O–H groups in total. The van der Waals surface area contributed by atoms with Crippen LogP contribution in [0.25, 0.3) is 0 Å². The zero-order chi connectivity index (χ0) is 25.5. The van der Waals surface area contributed by atoms with Gasteiger partial charge in [0, 0.05) is 38.6 Å². The highest BCUT2D eigenvalue weighted by Crippen LogP contribution is 2.46. The molecule has 3 amide bonds. The average Bonchev–Trinajstić information content (AvgIpc) is 3.20. The van der Waals surface area contributed by atoms with Crippen LogP contribution in [0.2, 0.25) is 0 Å². The quantitative estimate of drug-likeness (QED) is 0.712. The van der Waals surface area contributed by atoms with E-state index in [1.54, 1.807) is 6.92 Å². The first-order valence-electron chi connectivity index (χ1n) is 13.0. The molecule has 2 aliphatic heterocycles. The van der Waals surface area contributed by atoms with Crippen molar-refractivity contribution in [2.45, 2.75) is 50.6 Å². The molecule has 8 heteroatoms. The summed E-state index contributed by atoms with van der Waals surface area (Å²) in [4.78, 5) is 37.9. The number of pyridine rings is 1.